The first-order chi connectivity index (χ1) is 14.7. The first-order valence-corrected chi connectivity index (χ1v) is 11.9. The number of carbonyl (C=O) groups is 2. The smallest absolute Gasteiger partial charge is 0.349 e. The molecule has 9 heteroatoms. The van der Waals surface area contributed by atoms with Crippen LogP contribution in [0.5, 0.6) is 0 Å². The molecule has 160 valence electrons. The molecule has 0 unspecified atom stereocenters. The Morgan fingerprint density at radius 3 is 2.58 bits per heavy atom. The van der Waals surface area contributed by atoms with Gasteiger partial charge in [0.05, 0.1) is 4.90 Å². The second-order valence-corrected chi connectivity index (χ2v) is 9.71. The van der Waals surface area contributed by atoms with Crippen molar-refractivity contribution in [2.24, 2.45) is 5.14 Å². The third kappa shape index (κ3) is 4.39. The number of nitrogens with two attached hydrogens (primary N) is 1. The lowest BCUT2D eigenvalue weighted by atomic mass is 10.1. The van der Waals surface area contributed by atoms with Crippen molar-refractivity contribution in [3.05, 3.63) is 69.9 Å². The van der Waals surface area contributed by atoms with Crippen molar-refractivity contribution >= 4 is 38.9 Å². The van der Waals surface area contributed by atoms with Crippen LogP contribution in [0.25, 0.3) is 11.1 Å². The van der Waals surface area contributed by atoms with Gasteiger partial charge in [0.2, 0.25) is 10.0 Å². The van der Waals surface area contributed by atoms with E-state index in [1.807, 2.05) is 42.6 Å². The number of hydrogen-bond acceptors (Lipinski definition) is 6. The molecule has 2 N–H and O–H groups in total. The quantitative estimate of drug-likeness (QED) is 0.594. The zero-order valence-corrected chi connectivity index (χ0v) is 18.3. The molecule has 3 aromatic rings. The normalized spacial score (nSPS) is 13.2. The van der Waals surface area contributed by atoms with E-state index in [1.54, 1.807) is 6.07 Å². The van der Waals surface area contributed by atoms with Crippen molar-refractivity contribution in [3.8, 4) is 11.1 Å². The minimum Gasteiger partial charge on any atom is -0.451 e. The van der Waals surface area contributed by atoms with Crippen molar-refractivity contribution in [1.29, 1.82) is 0 Å². The molecule has 0 saturated heterocycles. The molecule has 2 heterocycles. The molecule has 0 atom stereocenters. The molecule has 0 fully saturated rings. The monoisotopic (exact) mass is 456 g/mol. The Morgan fingerprint density at radius 1 is 1.13 bits per heavy atom. The van der Waals surface area contributed by atoms with Crippen LogP contribution in [0.1, 0.15) is 20.8 Å². The average molecular weight is 457 g/mol. The summed E-state index contributed by atoms with van der Waals surface area (Å²) in [4.78, 5) is 27.2. The second kappa shape index (κ2) is 8.26. The van der Waals surface area contributed by atoms with Crippen molar-refractivity contribution in [2.45, 2.75) is 18.2 Å². The minimum atomic E-state index is -3.81. The van der Waals surface area contributed by atoms with Crippen LogP contribution < -0.4 is 10.0 Å². The summed E-state index contributed by atoms with van der Waals surface area (Å²) < 4.78 is 28.4. The van der Waals surface area contributed by atoms with Crippen LogP contribution in [0.2, 0.25) is 0 Å². The number of fused-ring (bicyclic) bond motifs is 1. The number of aryl methyl sites for hydroxylation is 1. The highest BCUT2D eigenvalue weighted by atomic mass is 32.2. The van der Waals surface area contributed by atoms with Gasteiger partial charge < -0.3 is 9.64 Å². The molecule has 0 aliphatic carbocycles. The maximum atomic E-state index is 12.7. The zero-order chi connectivity index (χ0) is 22.2. The second-order valence-electron chi connectivity index (χ2n) is 7.24. The van der Waals surface area contributed by atoms with Crippen LogP contribution in [-0.4, -0.2) is 33.4 Å². The number of anilines is 1. The fraction of sp³-hybridized carbons (Fsp3) is 0.182. The average Bonchev–Trinajstić information content (AvgIpc) is 3.38. The lowest BCUT2D eigenvalue weighted by molar-refractivity contribution is -0.121. The number of sulfonamides is 1. The van der Waals surface area contributed by atoms with E-state index in [0.29, 0.717) is 29.1 Å². The van der Waals surface area contributed by atoms with Gasteiger partial charge in [0, 0.05) is 17.8 Å². The number of amides is 1. The van der Waals surface area contributed by atoms with Crippen LogP contribution in [0.15, 0.2) is 58.8 Å². The maximum absolute atomic E-state index is 12.7. The highest BCUT2D eigenvalue weighted by Crippen LogP contribution is 2.31. The Bertz CT molecular complexity index is 1260. The summed E-state index contributed by atoms with van der Waals surface area (Å²) in [7, 11) is -3.81. The number of carbonyl (C=O) groups excluding carboxylic acids is 2. The van der Waals surface area contributed by atoms with Gasteiger partial charge in [-0.15, -0.1) is 11.3 Å². The molecule has 7 nitrogen and oxygen atoms in total. The number of esters is 1. The van der Waals surface area contributed by atoms with Gasteiger partial charge in [0.15, 0.2) is 6.61 Å². The molecule has 1 aliphatic rings. The molecule has 0 saturated carbocycles. The van der Waals surface area contributed by atoms with Gasteiger partial charge in [-0.3, -0.25) is 4.79 Å². The molecule has 0 radical (unpaired) electrons. The van der Waals surface area contributed by atoms with Crippen LogP contribution >= 0.6 is 11.3 Å². The summed E-state index contributed by atoms with van der Waals surface area (Å²) >= 11 is 1.26. The third-order valence-electron chi connectivity index (χ3n) is 5.12. The van der Waals surface area contributed by atoms with Gasteiger partial charge in [-0.2, -0.15) is 0 Å². The maximum Gasteiger partial charge on any atom is 0.349 e. The van der Waals surface area contributed by atoms with Gasteiger partial charge in [-0.1, -0.05) is 29.8 Å². The fourth-order valence-electron chi connectivity index (χ4n) is 3.51. The predicted octanol–water partition coefficient (Wildman–Crippen LogP) is 3.12. The molecule has 1 aliphatic heterocycles. The van der Waals surface area contributed by atoms with Crippen molar-refractivity contribution in [3.63, 3.8) is 0 Å². The number of nitrogens with zero attached hydrogens (tertiary/aromatic N) is 1. The van der Waals surface area contributed by atoms with Crippen LogP contribution in [0.3, 0.4) is 0 Å². The number of benzene rings is 2. The predicted molar refractivity (Wildman–Crippen MR) is 119 cm³/mol. The van der Waals surface area contributed by atoms with E-state index in [-0.39, 0.29) is 10.8 Å². The molecule has 2 aromatic carbocycles. The van der Waals surface area contributed by atoms with Gasteiger partial charge in [-0.05, 0) is 54.1 Å². The van der Waals surface area contributed by atoms with E-state index in [9.17, 15) is 18.0 Å². The summed E-state index contributed by atoms with van der Waals surface area (Å²) in [5.74, 6) is -0.924. The molecule has 4 rings (SSSR count). The first-order valence-electron chi connectivity index (χ1n) is 9.52. The molecular weight excluding hydrogens is 436 g/mol. The Morgan fingerprint density at radius 2 is 1.87 bits per heavy atom. The molecule has 0 spiro atoms. The Labute approximate surface area is 184 Å². The highest BCUT2D eigenvalue weighted by Gasteiger charge is 2.27. The van der Waals surface area contributed by atoms with Crippen LogP contribution in [-0.2, 0) is 26.0 Å². The topological polar surface area (TPSA) is 107 Å². The molecule has 1 aromatic heterocycles. The lowest BCUT2D eigenvalue weighted by Crippen LogP contribution is -2.33. The number of primary sulfonamides is 1. The molecular formula is C22H20N2O5S2. The third-order valence-corrected chi connectivity index (χ3v) is 6.92. The van der Waals surface area contributed by atoms with Gasteiger partial charge in [0.25, 0.3) is 5.91 Å². The number of thiophene rings is 1. The summed E-state index contributed by atoms with van der Waals surface area (Å²) in [5, 5.41) is 6.98. The number of rotatable bonds is 5. The lowest BCUT2D eigenvalue weighted by Gasteiger charge is -2.17. The van der Waals surface area contributed by atoms with E-state index in [0.717, 1.165) is 16.7 Å². The summed E-state index contributed by atoms with van der Waals surface area (Å²) in [6, 6.07) is 14.1. The van der Waals surface area contributed by atoms with Crippen molar-refractivity contribution < 1.29 is 22.7 Å². The standard InChI is InChI=1S/C22H20N2O5S2/c1-14-2-4-15(5-3-14)18-9-11-30-21(18)22(26)29-13-20(25)24-10-8-16-12-17(31(23,27)28)6-7-19(16)24/h2-7,9,11-12H,8,10,13H2,1H3,(H2,23,27,28). The first kappa shape index (κ1) is 21.2. The summed E-state index contributed by atoms with van der Waals surface area (Å²) in [6.07, 6.45) is 0.501. The van der Waals surface area contributed by atoms with Crippen molar-refractivity contribution in [2.75, 3.05) is 18.1 Å². The Balaban J connectivity index is 1.45. The van der Waals surface area contributed by atoms with Gasteiger partial charge in [0.1, 0.15) is 4.88 Å². The van der Waals surface area contributed by atoms with Gasteiger partial charge in [-0.25, -0.2) is 18.4 Å². The number of ether oxygens (including phenoxy) is 1. The SMILES string of the molecule is Cc1ccc(-c2ccsc2C(=O)OCC(=O)N2CCc3cc(S(N)(=O)=O)ccc32)cc1. The van der Waals surface area contributed by atoms with E-state index in [1.165, 1.54) is 28.4 Å². The summed E-state index contributed by atoms with van der Waals surface area (Å²) in [6.45, 7) is 1.97. The molecule has 0 bridgehead atoms. The highest BCUT2D eigenvalue weighted by molar-refractivity contribution is 7.89. The van der Waals surface area contributed by atoms with Crippen LogP contribution in [0.4, 0.5) is 5.69 Å². The van der Waals surface area contributed by atoms with Gasteiger partial charge >= 0.3 is 5.97 Å². The Kier molecular flexibility index (Phi) is 5.65. The van der Waals surface area contributed by atoms with E-state index in [2.05, 4.69) is 0 Å². The van der Waals surface area contributed by atoms with Crippen molar-refractivity contribution in [1.82, 2.24) is 0 Å². The Hall–Kier alpha value is -3.01. The minimum absolute atomic E-state index is 0.00769. The molecule has 31 heavy (non-hydrogen) atoms. The van der Waals surface area contributed by atoms with E-state index < -0.39 is 22.6 Å². The number of hydrogen-bond donors (Lipinski definition) is 1. The largest absolute Gasteiger partial charge is 0.451 e. The summed E-state index contributed by atoms with van der Waals surface area (Å²) in [5.41, 5.74) is 4.11. The van der Waals surface area contributed by atoms with E-state index >= 15 is 0 Å². The fourth-order valence-corrected chi connectivity index (χ4v) is 4.89. The van der Waals surface area contributed by atoms with E-state index in [4.69, 9.17) is 9.88 Å². The molecule has 1 amide bonds. The van der Waals surface area contributed by atoms with Crippen LogP contribution in [0, 0.1) is 6.92 Å². The zero-order valence-electron chi connectivity index (χ0n) is 16.7.